The van der Waals surface area contributed by atoms with Gasteiger partial charge in [0.1, 0.15) is 11.4 Å². The molecule has 1 aromatic carbocycles. The highest BCUT2D eigenvalue weighted by atomic mass is 16.6. The fraction of sp³-hybridized carbons (Fsp3) is 0.462. The number of nitrogens with zero attached hydrogens (tertiary/aromatic N) is 1. The van der Waals surface area contributed by atoms with Crippen molar-refractivity contribution in [1.82, 2.24) is 4.90 Å². The minimum Gasteiger partial charge on any atom is -0.508 e. The molecule has 5 heteroatoms. The van der Waals surface area contributed by atoms with Gasteiger partial charge in [-0.05, 0) is 24.6 Å². The number of hydrogen-bond donors (Lipinski definition) is 2. The fourth-order valence-electron chi connectivity index (χ4n) is 2.08. The first-order valence-corrected chi connectivity index (χ1v) is 5.89. The Morgan fingerprint density at radius 1 is 1.39 bits per heavy atom. The largest absolute Gasteiger partial charge is 0.508 e. The number of cyclic esters (lactones) is 1. The number of carbonyl (C=O) groups excluding carboxylic acids is 1. The Kier molecular flexibility index (Phi) is 3.43. The standard InChI is InChI=1S/C13H17NO4/c1-13(6-7-15)9-14(12(17)18-13)8-10-2-4-11(16)5-3-10/h2-5,15-16H,6-9H2,1H3. The van der Waals surface area contributed by atoms with E-state index in [0.29, 0.717) is 19.5 Å². The Morgan fingerprint density at radius 2 is 2.06 bits per heavy atom. The maximum Gasteiger partial charge on any atom is 0.410 e. The van der Waals surface area contributed by atoms with Gasteiger partial charge in [-0.2, -0.15) is 0 Å². The molecule has 0 saturated carbocycles. The first kappa shape index (κ1) is 12.7. The average Bonchev–Trinajstić information content (AvgIpc) is 2.57. The number of benzene rings is 1. The van der Waals surface area contributed by atoms with Crippen LogP contribution in [0.25, 0.3) is 0 Å². The van der Waals surface area contributed by atoms with E-state index in [9.17, 15) is 9.90 Å². The van der Waals surface area contributed by atoms with E-state index in [1.807, 2.05) is 6.92 Å². The number of rotatable bonds is 4. The number of carbonyl (C=O) groups is 1. The molecule has 1 fully saturated rings. The number of ether oxygens (including phenoxy) is 1. The van der Waals surface area contributed by atoms with Gasteiger partial charge in [0.05, 0.1) is 6.54 Å². The molecule has 1 atom stereocenters. The van der Waals surface area contributed by atoms with Crippen LogP contribution < -0.4 is 0 Å². The van der Waals surface area contributed by atoms with Gasteiger partial charge in [-0.15, -0.1) is 0 Å². The van der Waals surface area contributed by atoms with Crippen LogP contribution in [-0.2, 0) is 11.3 Å². The van der Waals surface area contributed by atoms with E-state index in [4.69, 9.17) is 9.84 Å². The molecule has 0 spiro atoms. The molecule has 1 amide bonds. The predicted molar refractivity (Wildman–Crippen MR) is 65.1 cm³/mol. The van der Waals surface area contributed by atoms with Gasteiger partial charge in [0, 0.05) is 19.6 Å². The molecule has 1 unspecified atom stereocenters. The van der Waals surface area contributed by atoms with Crippen LogP contribution in [0.4, 0.5) is 4.79 Å². The van der Waals surface area contributed by atoms with Gasteiger partial charge >= 0.3 is 6.09 Å². The van der Waals surface area contributed by atoms with Crippen LogP contribution in [0.1, 0.15) is 18.9 Å². The summed E-state index contributed by atoms with van der Waals surface area (Å²) in [6, 6.07) is 6.71. The number of aromatic hydroxyl groups is 1. The van der Waals surface area contributed by atoms with Crippen LogP contribution in [0.15, 0.2) is 24.3 Å². The summed E-state index contributed by atoms with van der Waals surface area (Å²) < 4.78 is 5.28. The van der Waals surface area contributed by atoms with Crippen molar-refractivity contribution in [3.8, 4) is 5.75 Å². The zero-order chi connectivity index (χ0) is 13.2. The number of aliphatic hydroxyl groups is 1. The smallest absolute Gasteiger partial charge is 0.410 e. The van der Waals surface area contributed by atoms with Gasteiger partial charge in [0.25, 0.3) is 0 Å². The minimum atomic E-state index is -0.608. The second kappa shape index (κ2) is 4.86. The molecule has 1 saturated heterocycles. The number of phenols is 1. The molecule has 0 bridgehead atoms. The molecule has 1 heterocycles. The monoisotopic (exact) mass is 251 g/mol. The van der Waals surface area contributed by atoms with Crippen LogP contribution in [0.2, 0.25) is 0 Å². The number of aliphatic hydroxyl groups excluding tert-OH is 1. The highest BCUT2D eigenvalue weighted by molar-refractivity contribution is 5.70. The van der Waals surface area contributed by atoms with Crippen LogP contribution in [-0.4, -0.2) is 40.0 Å². The summed E-state index contributed by atoms with van der Waals surface area (Å²) in [5.74, 6) is 0.202. The lowest BCUT2D eigenvalue weighted by molar-refractivity contribution is 0.0501. The number of amides is 1. The molecule has 1 aliphatic rings. The lowest BCUT2D eigenvalue weighted by Crippen LogP contribution is -2.32. The molecule has 5 nitrogen and oxygen atoms in total. The minimum absolute atomic E-state index is 0.00315. The average molecular weight is 251 g/mol. The quantitative estimate of drug-likeness (QED) is 0.850. The molecule has 98 valence electrons. The lowest BCUT2D eigenvalue weighted by atomic mass is 10.0. The summed E-state index contributed by atoms with van der Waals surface area (Å²) in [5, 5.41) is 18.1. The number of phenolic OH excluding ortho intramolecular Hbond substituents is 1. The molecule has 2 rings (SSSR count). The van der Waals surface area contributed by atoms with Crippen molar-refractivity contribution >= 4 is 6.09 Å². The Hall–Kier alpha value is -1.75. The Balaban J connectivity index is 2.02. The molecule has 0 radical (unpaired) electrons. The third kappa shape index (κ3) is 2.73. The Labute approximate surface area is 106 Å². The van der Waals surface area contributed by atoms with E-state index in [1.54, 1.807) is 29.2 Å². The second-order valence-corrected chi connectivity index (χ2v) is 4.81. The molecule has 1 aromatic rings. The third-order valence-corrected chi connectivity index (χ3v) is 3.07. The predicted octanol–water partition coefficient (Wildman–Crippen LogP) is 1.49. The summed E-state index contributed by atoms with van der Waals surface area (Å²) in [7, 11) is 0. The Morgan fingerprint density at radius 3 is 2.67 bits per heavy atom. The van der Waals surface area contributed by atoms with Crippen LogP contribution in [0, 0.1) is 0 Å². The molecule has 0 aliphatic carbocycles. The van der Waals surface area contributed by atoms with Crippen molar-refractivity contribution in [3.05, 3.63) is 29.8 Å². The zero-order valence-electron chi connectivity index (χ0n) is 10.3. The van der Waals surface area contributed by atoms with Crippen molar-refractivity contribution in [1.29, 1.82) is 0 Å². The van der Waals surface area contributed by atoms with E-state index in [0.717, 1.165) is 5.56 Å². The van der Waals surface area contributed by atoms with Crippen molar-refractivity contribution in [2.24, 2.45) is 0 Å². The summed E-state index contributed by atoms with van der Waals surface area (Å²) in [5.41, 5.74) is 0.320. The van der Waals surface area contributed by atoms with Crippen molar-refractivity contribution in [2.75, 3.05) is 13.2 Å². The third-order valence-electron chi connectivity index (χ3n) is 3.07. The molecular weight excluding hydrogens is 234 g/mol. The second-order valence-electron chi connectivity index (χ2n) is 4.81. The Bertz CT molecular complexity index is 431. The van der Waals surface area contributed by atoms with Gasteiger partial charge in [-0.1, -0.05) is 12.1 Å². The first-order valence-electron chi connectivity index (χ1n) is 5.89. The van der Waals surface area contributed by atoms with Gasteiger partial charge in [-0.25, -0.2) is 4.79 Å². The van der Waals surface area contributed by atoms with Crippen LogP contribution in [0.5, 0.6) is 5.75 Å². The zero-order valence-corrected chi connectivity index (χ0v) is 10.3. The highest BCUT2D eigenvalue weighted by Crippen LogP contribution is 2.27. The van der Waals surface area contributed by atoms with E-state index in [1.165, 1.54) is 0 Å². The van der Waals surface area contributed by atoms with E-state index in [2.05, 4.69) is 0 Å². The molecule has 0 aromatic heterocycles. The van der Waals surface area contributed by atoms with Crippen LogP contribution >= 0.6 is 0 Å². The molecule has 18 heavy (non-hydrogen) atoms. The summed E-state index contributed by atoms with van der Waals surface area (Å²) in [4.78, 5) is 13.3. The molecule has 1 aliphatic heterocycles. The first-order chi connectivity index (χ1) is 8.52. The maximum absolute atomic E-state index is 11.7. The van der Waals surface area contributed by atoms with Crippen molar-refractivity contribution in [2.45, 2.75) is 25.5 Å². The van der Waals surface area contributed by atoms with Gasteiger partial charge in [-0.3, -0.25) is 4.90 Å². The van der Waals surface area contributed by atoms with E-state index < -0.39 is 5.60 Å². The summed E-state index contributed by atoms with van der Waals surface area (Å²) in [6.07, 6.45) is 0.0733. The van der Waals surface area contributed by atoms with Gasteiger partial charge in [0.2, 0.25) is 0 Å². The molecule has 2 N–H and O–H groups in total. The van der Waals surface area contributed by atoms with Gasteiger partial charge < -0.3 is 14.9 Å². The van der Waals surface area contributed by atoms with Gasteiger partial charge in [0.15, 0.2) is 0 Å². The maximum atomic E-state index is 11.7. The highest BCUT2D eigenvalue weighted by Gasteiger charge is 2.40. The van der Waals surface area contributed by atoms with E-state index in [-0.39, 0.29) is 18.4 Å². The topological polar surface area (TPSA) is 70.0 Å². The fourth-order valence-corrected chi connectivity index (χ4v) is 2.08. The SMILES string of the molecule is CC1(CCO)CN(Cc2ccc(O)cc2)C(=O)O1. The molecular formula is C13H17NO4. The van der Waals surface area contributed by atoms with E-state index >= 15 is 0 Å². The van der Waals surface area contributed by atoms with Crippen LogP contribution in [0.3, 0.4) is 0 Å². The summed E-state index contributed by atoms with van der Waals surface area (Å²) in [6.45, 7) is 2.72. The lowest BCUT2D eigenvalue weighted by Gasteiger charge is -2.20. The number of hydrogen-bond acceptors (Lipinski definition) is 4. The summed E-state index contributed by atoms with van der Waals surface area (Å²) >= 11 is 0. The van der Waals surface area contributed by atoms with Crippen molar-refractivity contribution in [3.63, 3.8) is 0 Å². The normalized spacial score (nSPS) is 23.2. The van der Waals surface area contributed by atoms with Crippen molar-refractivity contribution < 1.29 is 19.7 Å².